The second-order valence-electron chi connectivity index (χ2n) is 8.46. The van der Waals surface area contributed by atoms with Crippen LogP contribution in [0.15, 0.2) is 59.5 Å². The molecule has 3 heterocycles. The van der Waals surface area contributed by atoms with Gasteiger partial charge in [-0.05, 0) is 68.3 Å². The van der Waals surface area contributed by atoms with Crippen LogP contribution >= 0.6 is 11.3 Å². The Morgan fingerprint density at radius 3 is 2.42 bits per heavy atom. The summed E-state index contributed by atoms with van der Waals surface area (Å²) < 4.78 is 67.7. The molecule has 0 saturated carbocycles. The van der Waals surface area contributed by atoms with E-state index in [1.807, 2.05) is 0 Å². The molecular weight excluding hydrogens is 513 g/mol. The molecule has 2 aromatic heterocycles. The largest absolute Gasteiger partial charge is 0.416 e. The number of rotatable bonds is 5. The van der Waals surface area contributed by atoms with Gasteiger partial charge in [-0.2, -0.15) is 22.6 Å². The van der Waals surface area contributed by atoms with Crippen LogP contribution in [0.5, 0.6) is 0 Å². The van der Waals surface area contributed by atoms with Gasteiger partial charge >= 0.3 is 6.18 Å². The van der Waals surface area contributed by atoms with Crippen molar-refractivity contribution in [3.63, 3.8) is 0 Å². The Balaban J connectivity index is 1.39. The molecule has 12 heteroatoms. The van der Waals surface area contributed by atoms with Gasteiger partial charge in [0.05, 0.1) is 26.7 Å². The topological polar surface area (TPSA) is 84.3 Å². The highest BCUT2D eigenvalue weighted by molar-refractivity contribution is 7.89. The van der Waals surface area contributed by atoms with Crippen LogP contribution in [0.4, 0.5) is 18.9 Å². The highest BCUT2D eigenvalue weighted by Crippen LogP contribution is 2.34. The smallest absolute Gasteiger partial charge is 0.321 e. The lowest BCUT2D eigenvalue weighted by Gasteiger charge is -2.15. The molecule has 36 heavy (non-hydrogen) atoms. The van der Waals surface area contributed by atoms with E-state index in [-0.39, 0.29) is 10.6 Å². The van der Waals surface area contributed by atoms with Crippen LogP contribution in [0.2, 0.25) is 0 Å². The number of aryl methyl sites for hydroxylation is 1. The van der Waals surface area contributed by atoms with E-state index in [9.17, 15) is 26.4 Å². The minimum atomic E-state index is -4.48. The van der Waals surface area contributed by atoms with Gasteiger partial charge in [0.2, 0.25) is 10.0 Å². The Labute approximate surface area is 209 Å². The number of carbonyl (C=O) groups is 1. The van der Waals surface area contributed by atoms with Gasteiger partial charge in [0, 0.05) is 24.2 Å². The van der Waals surface area contributed by atoms with Crippen LogP contribution in [0, 0.1) is 6.92 Å². The molecule has 0 unspecified atom stereocenters. The lowest BCUT2D eigenvalue weighted by atomic mass is 10.2. The number of sulfonamides is 1. The molecule has 2 aromatic carbocycles. The van der Waals surface area contributed by atoms with Crippen molar-refractivity contribution in [2.24, 2.45) is 0 Å². The summed E-state index contributed by atoms with van der Waals surface area (Å²) in [6, 6.07) is 12.5. The van der Waals surface area contributed by atoms with E-state index in [2.05, 4.69) is 10.4 Å². The normalized spacial score (nSPS) is 15.0. The maximum atomic E-state index is 13.2. The third-order valence-electron chi connectivity index (χ3n) is 6.00. The average molecular weight is 535 g/mol. The van der Waals surface area contributed by atoms with Crippen molar-refractivity contribution in [3.8, 4) is 5.69 Å². The zero-order chi connectivity index (χ0) is 25.7. The molecule has 1 aliphatic rings. The molecule has 0 aliphatic carbocycles. The zero-order valence-electron chi connectivity index (χ0n) is 19.0. The summed E-state index contributed by atoms with van der Waals surface area (Å²) in [5, 5.41) is 7.77. The molecule has 4 aromatic rings. The van der Waals surface area contributed by atoms with E-state index in [1.54, 1.807) is 13.0 Å². The van der Waals surface area contributed by atoms with Gasteiger partial charge in [-0.1, -0.05) is 6.07 Å². The van der Waals surface area contributed by atoms with Gasteiger partial charge < -0.3 is 5.32 Å². The number of hydrogen-bond acceptors (Lipinski definition) is 5. The predicted molar refractivity (Wildman–Crippen MR) is 131 cm³/mol. The average Bonchev–Trinajstić information content (AvgIpc) is 3.58. The zero-order valence-corrected chi connectivity index (χ0v) is 20.7. The Hall–Kier alpha value is -3.22. The number of hydrogen-bond donors (Lipinski definition) is 1. The van der Waals surface area contributed by atoms with E-state index in [4.69, 9.17) is 0 Å². The van der Waals surface area contributed by atoms with E-state index in [0.29, 0.717) is 39.6 Å². The Kier molecular flexibility index (Phi) is 6.13. The second kappa shape index (κ2) is 9.02. The lowest BCUT2D eigenvalue weighted by molar-refractivity contribution is -0.137. The first-order valence-electron chi connectivity index (χ1n) is 11.1. The molecule has 7 nitrogen and oxygen atoms in total. The minimum Gasteiger partial charge on any atom is -0.321 e. The first-order valence-corrected chi connectivity index (χ1v) is 13.4. The molecule has 1 aliphatic heterocycles. The monoisotopic (exact) mass is 534 g/mol. The molecule has 5 rings (SSSR count). The Morgan fingerprint density at radius 1 is 1.06 bits per heavy atom. The minimum absolute atomic E-state index is 0.168. The molecule has 1 N–H and O–H groups in total. The predicted octanol–water partition coefficient (Wildman–Crippen LogP) is 5.45. The number of fused-ring (bicyclic) bond motifs is 1. The van der Waals surface area contributed by atoms with Crippen molar-refractivity contribution in [2.45, 2.75) is 30.8 Å². The molecule has 0 spiro atoms. The number of benzene rings is 2. The van der Waals surface area contributed by atoms with Crippen LogP contribution in [0.3, 0.4) is 0 Å². The van der Waals surface area contributed by atoms with Crippen molar-refractivity contribution >= 4 is 43.2 Å². The van der Waals surface area contributed by atoms with Gasteiger partial charge in [-0.3, -0.25) is 4.79 Å². The Bertz CT molecular complexity index is 1550. The fourth-order valence-corrected chi connectivity index (χ4v) is 6.72. The summed E-state index contributed by atoms with van der Waals surface area (Å²) >= 11 is 1.11. The van der Waals surface area contributed by atoms with Crippen LogP contribution in [0.1, 0.15) is 33.8 Å². The van der Waals surface area contributed by atoms with Gasteiger partial charge in [-0.15, -0.1) is 11.3 Å². The standard InChI is InChI=1S/C24H21F3N4O3S2/c1-15-20-14-21(35-23(20)31(29-15)18-6-4-5-16(13-18)24(25,26)27)22(32)28-17-7-9-19(10-8-17)36(33,34)30-11-2-3-12-30/h4-10,13-14H,2-3,11-12H2,1H3,(H,28,32). The summed E-state index contributed by atoms with van der Waals surface area (Å²) in [6.45, 7) is 2.73. The maximum absolute atomic E-state index is 13.2. The molecule has 0 bridgehead atoms. The molecule has 0 radical (unpaired) electrons. The van der Waals surface area contributed by atoms with Gasteiger partial charge in [0.1, 0.15) is 4.83 Å². The van der Waals surface area contributed by atoms with Crippen molar-refractivity contribution in [1.29, 1.82) is 0 Å². The van der Waals surface area contributed by atoms with Crippen molar-refractivity contribution in [1.82, 2.24) is 14.1 Å². The number of aromatic nitrogens is 2. The van der Waals surface area contributed by atoms with E-state index < -0.39 is 27.7 Å². The fraction of sp³-hybridized carbons (Fsp3) is 0.250. The van der Waals surface area contributed by atoms with Gasteiger partial charge in [-0.25, -0.2) is 13.1 Å². The van der Waals surface area contributed by atoms with E-state index in [1.165, 1.54) is 45.4 Å². The van der Waals surface area contributed by atoms with Crippen molar-refractivity contribution in [3.05, 3.63) is 70.7 Å². The lowest BCUT2D eigenvalue weighted by Crippen LogP contribution is -2.27. The van der Waals surface area contributed by atoms with E-state index in [0.717, 1.165) is 36.3 Å². The summed E-state index contributed by atoms with van der Waals surface area (Å²) in [5.41, 5.74) is 0.459. The third kappa shape index (κ3) is 4.51. The van der Waals surface area contributed by atoms with Crippen molar-refractivity contribution < 1.29 is 26.4 Å². The molecule has 0 atom stereocenters. The summed E-state index contributed by atoms with van der Waals surface area (Å²) in [5.74, 6) is -0.415. The summed E-state index contributed by atoms with van der Waals surface area (Å²) in [6.07, 6.45) is -2.80. The number of alkyl halides is 3. The van der Waals surface area contributed by atoms with Crippen LogP contribution < -0.4 is 5.32 Å². The molecule has 1 saturated heterocycles. The number of anilines is 1. The first-order chi connectivity index (χ1) is 17.0. The number of nitrogens with one attached hydrogen (secondary N) is 1. The number of amides is 1. The van der Waals surface area contributed by atoms with Crippen LogP contribution in [-0.4, -0.2) is 41.5 Å². The molecule has 1 amide bonds. The summed E-state index contributed by atoms with van der Waals surface area (Å²) in [4.78, 5) is 14.0. The maximum Gasteiger partial charge on any atom is 0.416 e. The van der Waals surface area contributed by atoms with Crippen LogP contribution in [-0.2, 0) is 16.2 Å². The highest BCUT2D eigenvalue weighted by atomic mass is 32.2. The number of halogens is 3. The van der Waals surface area contributed by atoms with Gasteiger partial charge in [0.15, 0.2) is 0 Å². The second-order valence-corrected chi connectivity index (χ2v) is 11.4. The quantitative estimate of drug-likeness (QED) is 0.369. The first kappa shape index (κ1) is 24.5. The molecule has 188 valence electrons. The third-order valence-corrected chi connectivity index (χ3v) is 9.02. The summed E-state index contributed by atoms with van der Waals surface area (Å²) in [7, 11) is -3.55. The molecular formula is C24H21F3N4O3S2. The fourth-order valence-electron chi connectivity index (χ4n) is 4.13. The molecule has 1 fully saturated rings. The number of nitrogens with zero attached hydrogens (tertiary/aromatic N) is 3. The van der Waals surface area contributed by atoms with E-state index >= 15 is 0 Å². The van der Waals surface area contributed by atoms with Crippen molar-refractivity contribution in [2.75, 3.05) is 18.4 Å². The Morgan fingerprint density at radius 2 is 1.75 bits per heavy atom. The number of carbonyl (C=O) groups excluding carboxylic acids is 1. The number of thiophene rings is 1. The highest BCUT2D eigenvalue weighted by Gasteiger charge is 2.31. The van der Waals surface area contributed by atoms with Crippen LogP contribution in [0.25, 0.3) is 15.9 Å². The SMILES string of the molecule is Cc1nn(-c2cccc(C(F)(F)F)c2)c2sc(C(=O)Nc3ccc(S(=O)(=O)N4CCCC4)cc3)cc12. The van der Waals surface area contributed by atoms with Gasteiger partial charge in [0.25, 0.3) is 5.91 Å².